The third kappa shape index (κ3) is 3.29. The standard InChI is InChI=1S/C15H21N3O/c1-11(10-19-2)9-15(18-16)13-5-3-7-14-12(13)6-4-8-17-14/h3-8,11,15,18H,9-10,16H2,1-2H3. The lowest BCUT2D eigenvalue weighted by Crippen LogP contribution is -2.30. The van der Waals surface area contributed by atoms with Gasteiger partial charge >= 0.3 is 0 Å². The van der Waals surface area contributed by atoms with Crippen LogP contribution in [-0.4, -0.2) is 18.7 Å². The van der Waals surface area contributed by atoms with Crippen LogP contribution >= 0.6 is 0 Å². The maximum Gasteiger partial charge on any atom is 0.0705 e. The highest BCUT2D eigenvalue weighted by Gasteiger charge is 2.16. The third-order valence-electron chi connectivity index (χ3n) is 3.35. The van der Waals surface area contributed by atoms with Crippen LogP contribution in [0.15, 0.2) is 36.5 Å². The number of pyridine rings is 1. The fourth-order valence-corrected chi connectivity index (χ4v) is 2.47. The Bertz CT molecular complexity index is 524. The number of ether oxygens (including phenoxy) is 1. The minimum Gasteiger partial charge on any atom is -0.384 e. The van der Waals surface area contributed by atoms with Gasteiger partial charge in [0.1, 0.15) is 0 Å². The fraction of sp³-hybridized carbons (Fsp3) is 0.400. The van der Waals surface area contributed by atoms with Crippen molar-refractivity contribution >= 4 is 10.9 Å². The Hall–Kier alpha value is -1.49. The van der Waals surface area contributed by atoms with Crippen LogP contribution in [-0.2, 0) is 4.74 Å². The van der Waals surface area contributed by atoms with Gasteiger partial charge in [0, 0.05) is 31.3 Å². The van der Waals surface area contributed by atoms with Crippen molar-refractivity contribution in [3.05, 3.63) is 42.1 Å². The number of rotatable bonds is 6. The second kappa shape index (κ2) is 6.61. The molecule has 4 heteroatoms. The summed E-state index contributed by atoms with van der Waals surface area (Å²) in [5.41, 5.74) is 5.11. The average Bonchev–Trinajstić information content (AvgIpc) is 2.44. The van der Waals surface area contributed by atoms with Gasteiger partial charge in [-0.1, -0.05) is 25.1 Å². The van der Waals surface area contributed by atoms with Crippen LogP contribution in [0.25, 0.3) is 10.9 Å². The molecule has 0 aliphatic carbocycles. The Morgan fingerprint density at radius 3 is 2.89 bits per heavy atom. The van der Waals surface area contributed by atoms with E-state index in [1.165, 1.54) is 5.56 Å². The Labute approximate surface area is 113 Å². The molecule has 0 spiro atoms. The third-order valence-corrected chi connectivity index (χ3v) is 3.35. The topological polar surface area (TPSA) is 60.2 Å². The number of methoxy groups -OCH3 is 1. The summed E-state index contributed by atoms with van der Waals surface area (Å²) in [6.45, 7) is 2.90. The first-order valence-electron chi connectivity index (χ1n) is 6.55. The predicted octanol–water partition coefficient (Wildman–Crippen LogP) is 2.41. The largest absolute Gasteiger partial charge is 0.384 e. The van der Waals surface area contributed by atoms with Gasteiger partial charge in [-0.15, -0.1) is 0 Å². The Kier molecular flexibility index (Phi) is 4.85. The van der Waals surface area contributed by atoms with Crippen molar-refractivity contribution in [3.8, 4) is 0 Å². The summed E-state index contributed by atoms with van der Waals surface area (Å²) in [6.07, 6.45) is 2.74. The lowest BCUT2D eigenvalue weighted by molar-refractivity contribution is 0.149. The lowest BCUT2D eigenvalue weighted by atomic mass is 9.94. The quantitative estimate of drug-likeness (QED) is 0.618. The summed E-state index contributed by atoms with van der Waals surface area (Å²) in [5, 5.41) is 1.15. The first-order chi connectivity index (χ1) is 9.26. The maximum atomic E-state index is 5.73. The number of aromatic nitrogens is 1. The van der Waals surface area contributed by atoms with E-state index < -0.39 is 0 Å². The molecule has 1 aromatic carbocycles. The van der Waals surface area contributed by atoms with E-state index in [0.29, 0.717) is 5.92 Å². The van der Waals surface area contributed by atoms with E-state index in [1.54, 1.807) is 7.11 Å². The zero-order valence-corrected chi connectivity index (χ0v) is 11.5. The van der Waals surface area contributed by atoms with Crippen LogP contribution < -0.4 is 11.3 Å². The Morgan fingerprint density at radius 2 is 2.16 bits per heavy atom. The number of nitrogens with zero attached hydrogens (tertiary/aromatic N) is 1. The average molecular weight is 259 g/mol. The van der Waals surface area contributed by atoms with Crippen LogP contribution in [0.1, 0.15) is 24.9 Å². The second-order valence-corrected chi connectivity index (χ2v) is 4.93. The summed E-state index contributed by atoms with van der Waals surface area (Å²) >= 11 is 0. The summed E-state index contributed by atoms with van der Waals surface area (Å²) in [4.78, 5) is 4.38. The first-order valence-corrected chi connectivity index (χ1v) is 6.55. The smallest absolute Gasteiger partial charge is 0.0705 e. The van der Waals surface area contributed by atoms with Gasteiger partial charge in [-0.05, 0) is 30.0 Å². The molecular formula is C15H21N3O. The van der Waals surface area contributed by atoms with Crippen LogP contribution in [0, 0.1) is 5.92 Å². The number of nitrogens with one attached hydrogen (secondary N) is 1. The second-order valence-electron chi connectivity index (χ2n) is 4.93. The van der Waals surface area contributed by atoms with Crippen molar-refractivity contribution in [2.75, 3.05) is 13.7 Å². The monoisotopic (exact) mass is 259 g/mol. The highest BCUT2D eigenvalue weighted by Crippen LogP contribution is 2.27. The highest BCUT2D eigenvalue weighted by atomic mass is 16.5. The van der Waals surface area contributed by atoms with Crippen LogP contribution in [0.3, 0.4) is 0 Å². The van der Waals surface area contributed by atoms with Crippen LogP contribution in [0.2, 0.25) is 0 Å². The molecule has 2 rings (SSSR count). The summed E-state index contributed by atoms with van der Waals surface area (Å²) < 4.78 is 5.19. The summed E-state index contributed by atoms with van der Waals surface area (Å²) in [7, 11) is 1.73. The number of benzene rings is 1. The van der Waals surface area contributed by atoms with Gasteiger partial charge in [0.15, 0.2) is 0 Å². The summed E-state index contributed by atoms with van der Waals surface area (Å²) in [6, 6.07) is 10.3. The SMILES string of the molecule is COCC(C)CC(NN)c1cccc2ncccc12. The number of hydrazine groups is 1. The number of fused-ring (bicyclic) bond motifs is 1. The molecule has 0 fully saturated rings. The molecule has 0 radical (unpaired) electrons. The minimum absolute atomic E-state index is 0.109. The molecule has 0 saturated carbocycles. The van der Waals surface area contributed by atoms with E-state index in [9.17, 15) is 0 Å². The highest BCUT2D eigenvalue weighted by molar-refractivity contribution is 5.82. The first kappa shape index (κ1) is 13.9. The Balaban J connectivity index is 2.30. The molecule has 2 unspecified atom stereocenters. The lowest BCUT2D eigenvalue weighted by Gasteiger charge is -2.21. The molecule has 102 valence electrons. The van der Waals surface area contributed by atoms with Crippen molar-refractivity contribution < 1.29 is 4.74 Å². The van der Waals surface area contributed by atoms with Gasteiger partial charge in [0.2, 0.25) is 0 Å². The molecule has 1 aromatic heterocycles. The van der Waals surface area contributed by atoms with E-state index in [1.807, 2.05) is 24.4 Å². The van der Waals surface area contributed by atoms with Crippen molar-refractivity contribution in [3.63, 3.8) is 0 Å². The van der Waals surface area contributed by atoms with Crippen LogP contribution in [0.4, 0.5) is 0 Å². The van der Waals surface area contributed by atoms with Gasteiger partial charge in [-0.3, -0.25) is 16.3 Å². The zero-order chi connectivity index (χ0) is 13.7. The van der Waals surface area contributed by atoms with E-state index in [-0.39, 0.29) is 6.04 Å². The molecule has 2 aromatic rings. The zero-order valence-electron chi connectivity index (χ0n) is 11.5. The van der Waals surface area contributed by atoms with E-state index in [4.69, 9.17) is 10.6 Å². The normalized spacial score (nSPS) is 14.5. The molecule has 0 aliphatic heterocycles. The summed E-state index contributed by atoms with van der Waals surface area (Å²) in [5.74, 6) is 6.17. The van der Waals surface area contributed by atoms with Crippen molar-refractivity contribution in [1.82, 2.24) is 10.4 Å². The van der Waals surface area contributed by atoms with E-state index in [2.05, 4.69) is 29.5 Å². The minimum atomic E-state index is 0.109. The molecule has 0 bridgehead atoms. The molecule has 4 nitrogen and oxygen atoms in total. The van der Waals surface area contributed by atoms with Crippen molar-refractivity contribution in [2.24, 2.45) is 11.8 Å². The molecule has 1 heterocycles. The fourth-order valence-electron chi connectivity index (χ4n) is 2.47. The van der Waals surface area contributed by atoms with Crippen molar-refractivity contribution in [1.29, 1.82) is 0 Å². The molecule has 19 heavy (non-hydrogen) atoms. The van der Waals surface area contributed by atoms with E-state index >= 15 is 0 Å². The molecule has 0 amide bonds. The van der Waals surface area contributed by atoms with Gasteiger partial charge in [-0.2, -0.15) is 0 Å². The predicted molar refractivity (Wildman–Crippen MR) is 77.5 cm³/mol. The Morgan fingerprint density at radius 1 is 1.32 bits per heavy atom. The molecule has 0 aliphatic rings. The van der Waals surface area contributed by atoms with Gasteiger partial charge in [-0.25, -0.2) is 0 Å². The number of nitrogens with two attached hydrogens (primary N) is 1. The van der Waals surface area contributed by atoms with Gasteiger partial charge in [0.25, 0.3) is 0 Å². The maximum absolute atomic E-state index is 5.73. The number of hydrogen-bond donors (Lipinski definition) is 2. The molecule has 0 saturated heterocycles. The van der Waals surface area contributed by atoms with Gasteiger partial charge < -0.3 is 4.74 Å². The van der Waals surface area contributed by atoms with Crippen molar-refractivity contribution in [2.45, 2.75) is 19.4 Å². The van der Waals surface area contributed by atoms with E-state index in [0.717, 1.165) is 23.9 Å². The van der Waals surface area contributed by atoms with Gasteiger partial charge in [0.05, 0.1) is 5.52 Å². The molecule has 3 N–H and O–H groups in total. The molecule has 2 atom stereocenters. The van der Waals surface area contributed by atoms with Crippen LogP contribution in [0.5, 0.6) is 0 Å². The molecular weight excluding hydrogens is 238 g/mol. The number of hydrogen-bond acceptors (Lipinski definition) is 4.